The van der Waals surface area contributed by atoms with Crippen LogP contribution in [0.25, 0.3) is 0 Å². The van der Waals surface area contributed by atoms with Crippen molar-refractivity contribution >= 4 is 23.6 Å². The molecule has 0 aliphatic heterocycles. The Morgan fingerprint density at radius 2 is 1.17 bits per heavy atom. The molecule has 0 fully saturated rings. The smallest absolute Gasteiger partial charge is 0.186 e. The lowest BCUT2D eigenvalue weighted by molar-refractivity contribution is -0.637. The van der Waals surface area contributed by atoms with Crippen LogP contribution < -0.4 is 12.4 Å². The van der Waals surface area contributed by atoms with Crippen LogP contribution in [-0.2, 0) is 0 Å². The van der Waals surface area contributed by atoms with Crippen molar-refractivity contribution < 1.29 is 15.9 Å². The summed E-state index contributed by atoms with van der Waals surface area (Å²) in [7, 11) is 3.31. The van der Waals surface area contributed by atoms with Gasteiger partial charge in [-0.2, -0.15) is 0 Å². The molecule has 0 bridgehead atoms. The molecule has 0 aromatic carbocycles. The summed E-state index contributed by atoms with van der Waals surface area (Å²) in [6, 6.07) is 0. The summed E-state index contributed by atoms with van der Waals surface area (Å²) in [5.74, 6) is 0. The summed E-state index contributed by atoms with van der Waals surface area (Å²) in [6.45, 7) is 0. The Balaban J connectivity index is 0. The van der Waals surface area contributed by atoms with Crippen LogP contribution in [0.2, 0.25) is 0 Å². The SMILES string of the molecule is C[N+](C)(Cl)Cl.[Cl-]. The average Bonchev–Trinajstić information content (AvgIpc) is 0.722. The van der Waals surface area contributed by atoms with Crippen LogP contribution in [-0.4, -0.2) is 17.6 Å². The van der Waals surface area contributed by atoms with E-state index in [4.69, 9.17) is 23.6 Å². The van der Waals surface area contributed by atoms with Crippen molar-refractivity contribution in [3.63, 3.8) is 0 Å². The minimum atomic E-state index is -0.0556. The quantitative estimate of drug-likeness (QED) is 0.364. The zero-order chi connectivity index (χ0) is 4.50. The third-order valence-electron chi connectivity index (χ3n) is 0. The highest BCUT2D eigenvalue weighted by Gasteiger charge is 2.01. The predicted octanol–water partition coefficient (Wildman–Crippen LogP) is -1.63. The van der Waals surface area contributed by atoms with Gasteiger partial charge in [-0.3, -0.25) is 0 Å². The van der Waals surface area contributed by atoms with E-state index in [1.165, 1.54) is 0 Å². The number of halogens is 3. The minimum Gasteiger partial charge on any atom is -1.00 e. The van der Waals surface area contributed by atoms with Gasteiger partial charge in [0.2, 0.25) is 0 Å². The Morgan fingerprint density at radius 1 is 1.17 bits per heavy atom. The molecule has 0 aromatic rings. The molecule has 0 aliphatic carbocycles. The second kappa shape index (κ2) is 2.92. The molecule has 1 nitrogen and oxygen atoms in total. The molecule has 40 valence electrons. The lowest BCUT2D eigenvalue weighted by Crippen LogP contribution is -3.00. The average molecular weight is 150 g/mol. The van der Waals surface area contributed by atoms with Gasteiger partial charge in [0.15, 0.2) is 23.6 Å². The highest BCUT2D eigenvalue weighted by molar-refractivity contribution is 6.23. The fourth-order valence-electron chi connectivity index (χ4n) is 0. The van der Waals surface area contributed by atoms with E-state index in [2.05, 4.69) is 0 Å². The van der Waals surface area contributed by atoms with Gasteiger partial charge < -0.3 is 12.4 Å². The van der Waals surface area contributed by atoms with Gasteiger partial charge in [0, 0.05) is 0 Å². The molecule has 0 heterocycles. The molecule has 0 saturated carbocycles. The summed E-state index contributed by atoms with van der Waals surface area (Å²) in [5.41, 5.74) is 0. The zero-order valence-electron chi connectivity index (χ0n) is 3.58. The molecule has 0 spiro atoms. The van der Waals surface area contributed by atoms with Gasteiger partial charge in [0.05, 0.1) is 0 Å². The Kier molecular flexibility index (Phi) is 4.84. The first-order valence-electron chi connectivity index (χ1n) is 1.23. The first-order chi connectivity index (χ1) is 2.00. The Morgan fingerprint density at radius 3 is 1.17 bits per heavy atom. The summed E-state index contributed by atoms with van der Waals surface area (Å²) in [4.78, 5) is 0. The Bertz CT molecular complexity index is 24.3. The normalized spacial score (nSPS) is 10.0. The lowest BCUT2D eigenvalue weighted by atomic mass is 11.3. The lowest BCUT2D eigenvalue weighted by Gasteiger charge is -2.00. The first kappa shape index (κ1) is 9.95. The third-order valence-corrected chi connectivity index (χ3v) is 0. The molecule has 0 amide bonds. The number of quaternary nitrogens is 1. The molecule has 0 saturated heterocycles. The maximum Gasteiger partial charge on any atom is 0.186 e. The van der Waals surface area contributed by atoms with Crippen molar-refractivity contribution in [3.05, 3.63) is 0 Å². The molecule has 0 N–H and O–H groups in total. The van der Waals surface area contributed by atoms with E-state index in [0.717, 1.165) is 0 Å². The molecule has 0 rings (SSSR count). The Hall–Kier alpha value is 0.830. The molecule has 0 atom stereocenters. The fraction of sp³-hybridized carbons (Fsp3) is 1.00. The topological polar surface area (TPSA) is 0 Å². The van der Waals surface area contributed by atoms with E-state index in [0.29, 0.717) is 0 Å². The molecule has 0 unspecified atom stereocenters. The van der Waals surface area contributed by atoms with E-state index in [1.807, 2.05) is 0 Å². The van der Waals surface area contributed by atoms with Gasteiger partial charge in [-0.05, 0) is 0 Å². The highest BCUT2D eigenvalue weighted by Crippen LogP contribution is 2.04. The second-order valence-corrected chi connectivity index (χ2v) is 3.05. The number of hydrogen-bond acceptors (Lipinski definition) is 0. The van der Waals surface area contributed by atoms with Crippen molar-refractivity contribution in [1.29, 1.82) is 0 Å². The largest absolute Gasteiger partial charge is 1.00 e. The van der Waals surface area contributed by atoms with Crippen LogP contribution >= 0.6 is 23.6 Å². The van der Waals surface area contributed by atoms with Crippen LogP contribution in [0.5, 0.6) is 0 Å². The predicted molar refractivity (Wildman–Crippen MR) is 23.8 cm³/mol. The highest BCUT2D eigenvalue weighted by atomic mass is 35.5. The van der Waals surface area contributed by atoms with Crippen molar-refractivity contribution in [2.45, 2.75) is 0 Å². The van der Waals surface area contributed by atoms with Crippen LogP contribution in [0, 0.1) is 0 Å². The Labute approximate surface area is 54.1 Å². The van der Waals surface area contributed by atoms with Crippen molar-refractivity contribution in [2.75, 3.05) is 14.1 Å². The van der Waals surface area contributed by atoms with E-state index in [9.17, 15) is 0 Å². The third kappa shape index (κ3) is 103. The summed E-state index contributed by atoms with van der Waals surface area (Å²) in [6.07, 6.45) is 0. The molecule has 0 aromatic heterocycles. The number of nitrogens with zero attached hydrogens (tertiary/aromatic N) is 1. The molecular formula is C2H6Cl3N. The first-order valence-corrected chi connectivity index (χ1v) is 1.91. The summed E-state index contributed by atoms with van der Waals surface area (Å²) < 4.78 is -0.0556. The van der Waals surface area contributed by atoms with Crippen LogP contribution in [0.1, 0.15) is 0 Å². The molecule has 6 heavy (non-hydrogen) atoms. The zero-order valence-corrected chi connectivity index (χ0v) is 5.85. The molecular weight excluding hydrogens is 144 g/mol. The maximum absolute atomic E-state index is 5.23. The van der Waals surface area contributed by atoms with Crippen LogP contribution in [0.15, 0.2) is 0 Å². The number of hydrogen-bond donors (Lipinski definition) is 0. The van der Waals surface area contributed by atoms with E-state index >= 15 is 0 Å². The fourth-order valence-corrected chi connectivity index (χ4v) is 0. The molecule has 0 radical (unpaired) electrons. The van der Waals surface area contributed by atoms with E-state index in [1.54, 1.807) is 14.1 Å². The van der Waals surface area contributed by atoms with E-state index in [-0.39, 0.29) is 15.9 Å². The standard InChI is InChI=1S/C2H6Cl2N.ClH/c1-5(2,3)4;/h1-2H3;1H/q+1;/p-1. The second-order valence-electron chi connectivity index (χ2n) is 1.19. The van der Waals surface area contributed by atoms with Gasteiger partial charge in [-0.25, -0.2) is 0 Å². The molecule has 0 aliphatic rings. The van der Waals surface area contributed by atoms with Gasteiger partial charge in [-0.1, -0.05) is 0 Å². The van der Waals surface area contributed by atoms with Crippen molar-refractivity contribution in [2.24, 2.45) is 0 Å². The minimum absolute atomic E-state index is 0. The van der Waals surface area contributed by atoms with Gasteiger partial charge in [0.25, 0.3) is 0 Å². The monoisotopic (exact) mass is 149 g/mol. The summed E-state index contributed by atoms with van der Waals surface area (Å²) >= 11 is 10.5. The van der Waals surface area contributed by atoms with Crippen molar-refractivity contribution in [3.8, 4) is 0 Å². The maximum atomic E-state index is 5.23. The summed E-state index contributed by atoms with van der Waals surface area (Å²) in [5, 5.41) is 0. The van der Waals surface area contributed by atoms with Gasteiger partial charge >= 0.3 is 0 Å². The number of rotatable bonds is 0. The van der Waals surface area contributed by atoms with Gasteiger partial charge in [-0.15, -0.1) is 3.52 Å². The molecule has 4 heteroatoms. The van der Waals surface area contributed by atoms with Crippen LogP contribution in [0.4, 0.5) is 0 Å². The van der Waals surface area contributed by atoms with Gasteiger partial charge in [0.1, 0.15) is 14.1 Å². The van der Waals surface area contributed by atoms with E-state index < -0.39 is 0 Å². The van der Waals surface area contributed by atoms with Crippen LogP contribution in [0.3, 0.4) is 0 Å². The van der Waals surface area contributed by atoms with Crippen molar-refractivity contribution in [1.82, 2.24) is 0 Å².